The SMILES string of the molecule is CC1=C(C)C2(C3=CC(=O)C=CC3=NC3=CCC(O)=CC32)C(C)=C(C)C1=O. The Balaban J connectivity index is 2.14. The molecule has 1 unspecified atom stereocenters. The molecule has 4 aliphatic rings. The highest BCUT2D eigenvalue weighted by molar-refractivity contribution is 6.22. The molecule has 4 heteroatoms. The van der Waals surface area contributed by atoms with E-state index in [9.17, 15) is 14.7 Å². The maximum atomic E-state index is 12.7. The van der Waals surface area contributed by atoms with Gasteiger partial charge in [0.15, 0.2) is 11.6 Å². The number of allylic oxidation sites excluding steroid dienone is 10. The molecule has 1 N–H and O–H groups in total. The van der Waals surface area contributed by atoms with Gasteiger partial charge in [-0.25, -0.2) is 0 Å². The Morgan fingerprint density at radius 1 is 1.08 bits per heavy atom. The van der Waals surface area contributed by atoms with E-state index < -0.39 is 5.41 Å². The number of carbonyl (C=O) groups excluding carboxylic acids is 2. The van der Waals surface area contributed by atoms with E-state index in [4.69, 9.17) is 4.99 Å². The smallest absolute Gasteiger partial charge is 0.184 e. The van der Waals surface area contributed by atoms with Crippen LogP contribution in [0.15, 0.2) is 74.7 Å². The highest BCUT2D eigenvalue weighted by atomic mass is 16.3. The number of aliphatic hydroxyl groups is 1. The number of hydrogen-bond acceptors (Lipinski definition) is 4. The van der Waals surface area contributed by atoms with Gasteiger partial charge in [0.05, 0.1) is 16.9 Å². The number of ketones is 2. The number of aliphatic imine (C=N–C) groups is 1. The summed E-state index contributed by atoms with van der Waals surface area (Å²) in [6.07, 6.45) is 9.15. The van der Waals surface area contributed by atoms with Crippen LogP contribution in [0.25, 0.3) is 0 Å². The predicted octanol–water partition coefficient (Wildman–Crippen LogP) is 4.09. The molecule has 0 aromatic carbocycles. The molecular weight excluding hydrogens is 326 g/mol. The van der Waals surface area contributed by atoms with Gasteiger partial charge in [0, 0.05) is 18.0 Å². The van der Waals surface area contributed by atoms with Crippen LogP contribution in [0.2, 0.25) is 0 Å². The summed E-state index contributed by atoms with van der Waals surface area (Å²) in [6.45, 7) is 7.62. The van der Waals surface area contributed by atoms with Crippen molar-refractivity contribution in [2.24, 2.45) is 16.3 Å². The summed E-state index contributed by atoms with van der Waals surface area (Å²) < 4.78 is 0. The summed E-state index contributed by atoms with van der Waals surface area (Å²) in [5.74, 6) is 0.0245. The Hall–Kier alpha value is -2.75. The number of Topliss-reactive ketones (excluding diaryl/α,β-unsaturated/α-hetero) is 1. The number of rotatable bonds is 0. The van der Waals surface area contributed by atoms with Crippen LogP contribution in [0.4, 0.5) is 0 Å². The minimum atomic E-state index is -0.667. The topological polar surface area (TPSA) is 66.7 Å². The monoisotopic (exact) mass is 347 g/mol. The molecule has 0 amide bonds. The molecule has 1 spiro atoms. The zero-order chi connectivity index (χ0) is 18.8. The predicted molar refractivity (Wildman–Crippen MR) is 101 cm³/mol. The lowest BCUT2D eigenvalue weighted by Crippen LogP contribution is -2.45. The van der Waals surface area contributed by atoms with Gasteiger partial charge in [0.2, 0.25) is 0 Å². The molecule has 0 saturated carbocycles. The molecule has 0 fully saturated rings. The van der Waals surface area contributed by atoms with E-state index in [0.717, 1.165) is 28.1 Å². The molecule has 0 radical (unpaired) electrons. The van der Waals surface area contributed by atoms with Gasteiger partial charge in [-0.3, -0.25) is 14.6 Å². The number of aliphatic hydroxyl groups excluding tert-OH is 1. The average molecular weight is 347 g/mol. The first-order valence-electron chi connectivity index (χ1n) is 8.82. The molecule has 0 bridgehead atoms. The lowest BCUT2D eigenvalue weighted by Gasteiger charge is -2.50. The second-order valence-corrected chi connectivity index (χ2v) is 7.40. The van der Waals surface area contributed by atoms with Crippen molar-refractivity contribution in [3.05, 3.63) is 69.7 Å². The van der Waals surface area contributed by atoms with Gasteiger partial charge in [0.25, 0.3) is 0 Å². The van der Waals surface area contributed by atoms with E-state index in [0.29, 0.717) is 23.3 Å². The maximum Gasteiger partial charge on any atom is 0.184 e. The van der Waals surface area contributed by atoms with Crippen LogP contribution in [0.1, 0.15) is 34.1 Å². The zero-order valence-electron chi connectivity index (χ0n) is 15.4. The fraction of sp³-hybridized carbons (Fsp3) is 0.318. The highest BCUT2D eigenvalue weighted by Gasteiger charge is 2.54. The molecule has 0 aromatic heterocycles. The lowest BCUT2D eigenvalue weighted by atomic mass is 9.53. The first kappa shape index (κ1) is 16.7. The van der Waals surface area contributed by atoms with Crippen molar-refractivity contribution >= 4 is 17.3 Å². The minimum absolute atomic E-state index is 0.0440. The van der Waals surface area contributed by atoms with Gasteiger partial charge in [0.1, 0.15) is 0 Å². The molecule has 4 rings (SSSR count). The Labute approximate surface area is 152 Å². The van der Waals surface area contributed by atoms with Crippen molar-refractivity contribution in [2.45, 2.75) is 34.1 Å². The summed E-state index contributed by atoms with van der Waals surface area (Å²) in [5, 5.41) is 10.2. The molecule has 3 aliphatic carbocycles. The van der Waals surface area contributed by atoms with Crippen molar-refractivity contribution in [1.29, 1.82) is 0 Å². The van der Waals surface area contributed by atoms with E-state index in [1.807, 2.05) is 39.8 Å². The molecule has 1 atom stereocenters. The number of hydrogen-bond donors (Lipinski definition) is 1. The second-order valence-electron chi connectivity index (χ2n) is 7.40. The fourth-order valence-corrected chi connectivity index (χ4v) is 4.74. The van der Waals surface area contributed by atoms with Crippen LogP contribution in [0.3, 0.4) is 0 Å². The Morgan fingerprint density at radius 3 is 2.38 bits per heavy atom. The van der Waals surface area contributed by atoms with Crippen LogP contribution < -0.4 is 0 Å². The van der Waals surface area contributed by atoms with E-state index >= 15 is 0 Å². The van der Waals surface area contributed by atoms with E-state index in [1.54, 1.807) is 12.2 Å². The molecule has 0 saturated heterocycles. The average Bonchev–Trinajstić information content (AvgIpc) is 2.63. The quantitative estimate of drug-likeness (QED) is 0.671. The highest BCUT2D eigenvalue weighted by Crippen LogP contribution is 2.59. The van der Waals surface area contributed by atoms with E-state index in [2.05, 4.69) is 0 Å². The number of fused-ring (bicyclic) bond motifs is 4. The lowest BCUT2D eigenvalue weighted by molar-refractivity contribution is -0.112. The van der Waals surface area contributed by atoms with Crippen molar-refractivity contribution in [1.82, 2.24) is 0 Å². The minimum Gasteiger partial charge on any atom is -0.512 e. The van der Waals surface area contributed by atoms with Gasteiger partial charge in [-0.1, -0.05) is 17.2 Å². The molecule has 4 nitrogen and oxygen atoms in total. The Morgan fingerprint density at radius 2 is 1.73 bits per heavy atom. The molecule has 26 heavy (non-hydrogen) atoms. The van der Waals surface area contributed by atoms with Gasteiger partial charge in [-0.2, -0.15) is 0 Å². The fourth-order valence-electron chi connectivity index (χ4n) is 4.74. The van der Waals surface area contributed by atoms with Crippen LogP contribution >= 0.6 is 0 Å². The molecule has 1 aliphatic heterocycles. The Kier molecular flexibility index (Phi) is 3.45. The van der Waals surface area contributed by atoms with E-state index in [-0.39, 0.29) is 17.5 Å². The summed E-state index contributed by atoms with van der Waals surface area (Å²) in [7, 11) is 0. The third-order valence-electron chi connectivity index (χ3n) is 6.30. The van der Waals surface area contributed by atoms with E-state index in [1.165, 1.54) is 6.08 Å². The summed E-state index contributed by atoms with van der Waals surface area (Å²) in [6, 6.07) is 0. The van der Waals surface area contributed by atoms with Gasteiger partial charge < -0.3 is 5.11 Å². The number of carbonyl (C=O) groups is 2. The summed E-state index contributed by atoms with van der Waals surface area (Å²) in [5.41, 5.74) is 5.05. The second kappa shape index (κ2) is 5.37. The zero-order valence-corrected chi connectivity index (χ0v) is 15.4. The largest absolute Gasteiger partial charge is 0.512 e. The molecule has 0 aromatic rings. The van der Waals surface area contributed by atoms with Crippen LogP contribution in [0.5, 0.6) is 0 Å². The van der Waals surface area contributed by atoms with Crippen LogP contribution in [0, 0.1) is 11.3 Å². The van der Waals surface area contributed by atoms with Gasteiger partial charge >= 0.3 is 0 Å². The van der Waals surface area contributed by atoms with Crippen molar-refractivity contribution in [3.8, 4) is 0 Å². The van der Waals surface area contributed by atoms with Crippen molar-refractivity contribution in [2.75, 3.05) is 0 Å². The molecule has 132 valence electrons. The normalized spacial score (nSPS) is 27.0. The van der Waals surface area contributed by atoms with Gasteiger partial charge in [-0.05, 0) is 68.7 Å². The standard InChI is InChI=1S/C22H21NO3/c1-11-13(3)22(14(4)12(2)21(11)26)17-9-15(24)5-7-19(17)23-20-8-6-16(25)10-18(20)22/h5,7-10,18,25H,6H2,1-4H3. The van der Waals surface area contributed by atoms with Gasteiger partial charge in [-0.15, -0.1) is 0 Å². The maximum absolute atomic E-state index is 12.7. The summed E-state index contributed by atoms with van der Waals surface area (Å²) in [4.78, 5) is 29.7. The first-order chi connectivity index (χ1) is 12.3. The molecular formula is C22H21NO3. The van der Waals surface area contributed by atoms with Crippen LogP contribution in [-0.4, -0.2) is 22.4 Å². The third kappa shape index (κ3) is 1.93. The first-order valence-corrected chi connectivity index (χ1v) is 8.82. The van der Waals surface area contributed by atoms with Crippen LogP contribution in [-0.2, 0) is 9.59 Å². The molecule has 1 heterocycles. The number of nitrogens with zero attached hydrogens (tertiary/aromatic N) is 1. The van der Waals surface area contributed by atoms with Crippen molar-refractivity contribution in [3.63, 3.8) is 0 Å². The third-order valence-corrected chi connectivity index (χ3v) is 6.30. The summed E-state index contributed by atoms with van der Waals surface area (Å²) >= 11 is 0. The van der Waals surface area contributed by atoms with Crippen molar-refractivity contribution < 1.29 is 14.7 Å². The Bertz CT molecular complexity index is 964.